The molecule has 1 rings (SSSR count). The van der Waals surface area contributed by atoms with E-state index in [-0.39, 0.29) is 9.64 Å². The van der Waals surface area contributed by atoms with Gasteiger partial charge in [-0.05, 0) is 50.8 Å². The molecule has 0 saturated heterocycles. The van der Waals surface area contributed by atoms with Crippen LogP contribution in [0.5, 0.6) is 0 Å². The molecule has 0 atom stereocenters. The first kappa shape index (κ1) is 15.3. The maximum Gasteiger partial charge on any atom is 0.240 e. The van der Waals surface area contributed by atoms with E-state index in [2.05, 4.69) is 4.72 Å². The van der Waals surface area contributed by atoms with Gasteiger partial charge in [-0.3, -0.25) is 0 Å². The molecule has 0 fully saturated rings. The third-order valence-corrected chi connectivity index (χ3v) is 5.54. The Morgan fingerprint density at radius 3 is 2.50 bits per heavy atom. The Hall–Kier alpha value is -0.720. The standard InChI is InChI=1S/C12H20N2O2S2/c1-9-7-10(13)5-6-11(9)18(15,16)14-8-12(2,3)17-4/h5-7,14H,8,13H2,1-4H3. The van der Waals surface area contributed by atoms with Crippen molar-refractivity contribution in [2.75, 3.05) is 18.5 Å². The van der Waals surface area contributed by atoms with Gasteiger partial charge in [0.25, 0.3) is 0 Å². The van der Waals surface area contributed by atoms with E-state index in [1.165, 1.54) is 0 Å². The number of rotatable bonds is 5. The van der Waals surface area contributed by atoms with E-state index in [0.29, 0.717) is 17.8 Å². The van der Waals surface area contributed by atoms with Crippen LogP contribution < -0.4 is 10.5 Å². The van der Waals surface area contributed by atoms with Crippen LogP contribution in [-0.4, -0.2) is 26.0 Å². The van der Waals surface area contributed by atoms with Crippen LogP contribution in [0, 0.1) is 6.92 Å². The highest BCUT2D eigenvalue weighted by atomic mass is 32.2. The average molecular weight is 288 g/mol. The van der Waals surface area contributed by atoms with Gasteiger partial charge in [0.05, 0.1) is 4.90 Å². The van der Waals surface area contributed by atoms with Crippen molar-refractivity contribution in [3.8, 4) is 0 Å². The van der Waals surface area contributed by atoms with Gasteiger partial charge in [-0.15, -0.1) is 0 Å². The van der Waals surface area contributed by atoms with Gasteiger partial charge in [-0.1, -0.05) is 0 Å². The lowest BCUT2D eigenvalue weighted by Crippen LogP contribution is -2.36. The Labute approximate surface area is 113 Å². The molecule has 102 valence electrons. The summed E-state index contributed by atoms with van der Waals surface area (Å²) in [5, 5.41) is 0. The van der Waals surface area contributed by atoms with E-state index in [1.807, 2.05) is 20.1 Å². The van der Waals surface area contributed by atoms with Crippen molar-refractivity contribution in [1.82, 2.24) is 4.72 Å². The van der Waals surface area contributed by atoms with E-state index in [9.17, 15) is 8.42 Å². The van der Waals surface area contributed by atoms with Crippen molar-refractivity contribution in [1.29, 1.82) is 0 Å². The highest BCUT2D eigenvalue weighted by Gasteiger charge is 2.22. The van der Waals surface area contributed by atoms with Crippen LogP contribution in [0.3, 0.4) is 0 Å². The third kappa shape index (κ3) is 3.90. The van der Waals surface area contributed by atoms with Gasteiger partial charge in [0, 0.05) is 17.0 Å². The molecule has 0 aliphatic rings. The molecule has 0 aliphatic heterocycles. The average Bonchev–Trinajstić information content (AvgIpc) is 2.26. The molecular weight excluding hydrogens is 268 g/mol. The van der Waals surface area contributed by atoms with Crippen molar-refractivity contribution in [2.24, 2.45) is 0 Å². The number of sulfonamides is 1. The number of hydrogen-bond acceptors (Lipinski definition) is 4. The van der Waals surface area contributed by atoms with Crippen molar-refractivity contribution in [2.45, 2.75) is 30.4 Å². The normalized spacial score (nSPS) is 12.7. The maximum atomic E-state index is 12.2. The Morgan fingerprint density at radius 2 is 2.00 bits per heavy atom. The molecule has 0 aromatic heterocycles. The van der Waals surface area contributed by atoms with Gasteiger partial charge in [-0.2, -0.15) is 11.8 Å². The summed E-state index contributed by atoms with van der Waals surface area (Å²) in [7, 11) is -3.47. The molecule has 18 heavy (non-hydrogen) atoms. The second kappa shape index (κ2) is 5.50. The van der Waals surface area contributed by atoms with Gasteiger partial charge in [0.1, 0.15) is 0 Å². The van der Waals surface area contributed by atoms with Crippen LogP contribution >= 0.6 is 11.8 Å². The maximum absolute atomic E-state index is 12.2. The smallest absolute Gasteiger partial charge is 0.240 e. The summed E-state index contributed by atoms with van der Waals surface area (Å²) < 4.78 is 26.8. The summed E-state index contributed by atoms with van der Waals surface area (Å²) in [5.74, 6) is 0. The molecule has 6 heteroatoms. The predicted octanol–water partition coefficient (Wildman–Crippen LogP) is 2.00. The van der Waals surface area contributed by atoms with Crippen molar-refractivity contribution >= 4 is 27.5 Å². The highest BCUT2D eigenvalue weighted by Crippen LogP contribution is 2.22. The molecule has 1 aromatic rings. The Morgan fingerprint density at radius 1 is 1.39 bits per heavy atom. The van der Waals surface area contributed by atoms with Crippen LogP contribution in [0.4, 0.5) is 5.69 Å². The first-order valence-electron chi connectivity index (χ1n) is 5.59. The molecule has 0 heterocycles. The minimum Gasteiger partial charge on any atom is -0.399 e. The number of nitrogens with two attached hydrogens (primary N) is 1. The number of benzene rings is 1. The van der Waals surface area contributed by atoms with E-state index < -0.39 is 10.0 Å². The van der Waals surface area contributed by atoms with E-state index in [1.54, 1.807) is 36.9 Å². The van der Waals surface area contributed by atoms with Crippen LogP contribution in [0.15, 0.2) is 23.1 Å². The van der Waals surface area contributed by atoms with Gasteiger partial charge in [0.2, 0.25) is 10.0 Å². The molecule has 0 unspecified atom stereocenters. The highest BCUT2D eigenvalue weighted by molar-refractivity contribution is 8.00. The SMILES string of the molecule is CSC(C)(C)CNS(=O)(=O)c1ccc(N)cc1C. The summed E-state index contributed by atoms with van der Waals surface area (Å²) in [6.45, 7) is 6.12. The van der Waals surface area contributed by atoms with E-state index >= 15 is 0 Å². The van der Waals surface area contributed by atoms with E-state index in [0.717, 1.165) is 0 Å². The minimum atomic E-state index is -3.47. The fourth-order valence-electron chi connectivity index (χ4n) is 1.39. The molecule has 0 saturated carbocycles. The fraction of sp³-hybridized carbons (Fsp3) is 0.500. The number of nitrogens with one attached hydrogen (secondary N) is 1. The van der Waals surface area contributed by atoms with Crippen LogP contribution in [-0.2, 0) is 10.0 Å². The lowest BCUT2D eigenvalue weighted by molar-refractivity contribution is 0.570. The molecule has 1 aromatic carbocycles. The molecule has 0 aliphatic carbocycles. The lowest BCUT2D eigenvalue weighted by atomic mass is 10.2. The van der Waals surface area contributed by atoms with Crippen LogP contribution in [0.2, 0.25) is 0 Å². The molecular formula is C12H20N2O2S2. The number of nitrogen functional groups attached to an aromatic ring is 1. The minimum absolute atomic E-state index is 0.130. The lowest BCUT2D eigenvalue weighted by Gasteiger charge is -2.22. The topological polar surface area (TPSA) is 72.2 Å². The molecule has 0 radical (unpaired) electrons. The summed E-state index contributed by atoms with van der Waals surface area (Å²) in [6.07, 6.45) is 1.96. The summed E-state index contributed by atoms with van der Waals surface area (Å²) in [4.78, 5) is 0.286. The largest absolute Gasteiger partial charge is 0.399 e. The second-order valence-corrected chi connectivity index (χ2v) is 8.06. The zero-order valence-corrected chi connectivity index (χ0v) is 12.8. The fourth-order valence-corrected chi connectivity index (χ4v) is 3.14. The molecule has 0 amide bonds. The number of anilines is 1. The van der Waals surface area contributed by atoms with Gasteiger partial charge >= 0.3 is 0 Å². The Balaban J connectivity index is 2.94. The first-order valence-corrected chi connectivity index (χ1v) is 8.30. The van der Waals surface area contributed by atoms with Crippen LogP contribution in [0.25, 0.3) is 0 Å². The number of hydrogen-bond donors (Lipinski definition) is 2. The van der Waals surface area contributed by atoms with Crippen molar-refractivity contribution < 1.29 is 8.42 Å². The number of aryl methyl sites for hydroxylation is 1. The summed E-state index contributed by atoms with van der Waals surface area (Å²) in [5.41, 5.74) is 6.84. The Kier molecular flexibility index (Phi) is 4.69. The van der Waals surface area contributed by atoms with Gasteiger partial charge in [-0.25, -0.2) is 13.1 Å². The van der Waals surface area contributed by atoms with Gasteiger partial charge in [0.15, 0.2) is 0 Å². The van der Waals surface area contributed by atoms with Crippen LogP contribution in [0.1, 0.15) is 19.4 Å². The van der Waals surface area contributed by atoms with Crippen molar-refractivity contribution in [3.63, 3.8) is 0 Å². The summed E-state index contributed by atoms with van der Waals surface area (Å²) in [6, 6.07) is 4.80. The van der Waals surface area contributed by atoms with E-state index in [4.69, 9.17) is 5.73 Å². The zero-order chi connectivity index (χ0) is 14.0. The summed E-state index contributed by atoms with van der Waals surface area (Å²) >= 11 is 1.62. The number of thioether (sulfide) groups is 1. The second-order valence-electron chi connectivity index (χ2n) is 4.81. The van der Waals surface area contributed by atoms with Crippen molar-refractivity contribution in [3.05, 3.63) is 23.8 Å². The quantitative estimate of drug-likeness (QED) is 0.813. The Bertz CT molecular complexity index is 525. The molecule has 0 bridgehead atoms. The predicted molar refractivity (Wildman–Crippen MR) is 78.4 cm³/mol. The monoisotopic (exact) mass is 288 g/mol. The van der Waals surface area contributed by atoms with Gasteiger partial charge < -0.3 is 5.73 Å². The third-order valence-electron chi connectivity index (χ3n) is 2.73. The zero-order valence-electron chi connectivity index (χ0n) is 11.1. The molecule has 3 N–H and O–H groups in total. The first-order chi connectivity index (χ1) is 8.18. The molecule has 0 spiro atoms. The molecule has 4 nitrogen and oxygen atoms in total.